The van der Waals surface area contributed by atoms with E-state index in [9.17, 15) is 4.79 Å². The van der Waals surface area contributed by atoms with Gasteiger partial charge in [0.15, 0.2) is 16.6 Å². The van der Waals surface area contributed by atoms with Gasteiger partial charge in [-0.2, -0.15) is 5.26 Å². The number of carbonyl (C=O) groups excluding carboxylic acids is 1. The van der Waals surface area contributed by atoms with Gasteiger partial charge >= 0.3 is 0 Å². The lowest BCUT2D eigenvalue weighted by Crippen LogP contribution is -2.18. The Morgan fingerprint density at radius 2 is 2.15 bits per heavy atom. The molecule has 1 aromatic carbocycles. The quantitative estimate of drug-likeness (QED) is 0.915. The highest BCUT2D eigenvalue weighted by Gasteiger charge is 2.17. The molecule has 0 bridgehead atoms. The van der Waals surface area contributed by atoms with Gasteiger partial charge in [-0.25, -0.2) is 4.98 Å². The van der Waals surface area contributed by atoms with Crippen LogP contribution in [-0.2, 0) is 4.79 Å². The smallest absolute Gasteiger partial charge is 0.243 e. The number of amides is 1. The number of nitrogens with one attached hydrogen (secondary N) is 1. The maximum atomic E-state index is 11.7. The number of anilines is 1. The van der Waals surface area contributed by atoms with Crippen LogP contribution >= 0.6 is 11.3 Å². The lowest BCUT2D eigenvalue weighted by atomic mass is 10.2. The van der Waals surface area contributed by atoms with Crippen LogP contribution in [0.15, 0.2) is 12.1 Å². The van der Waals surface area contributed by atoms with Crippen molar-refractivity contribution in [3.05, 3.63) is 12.1 Å². The molecule has 102 valence electrons. The Labute approximate surface area is 118 Å². The van der Waals surface area contributed by atoms with Gasteiger partial charge in [-0.15, -0.1) is 0 Å². The third-order valence-electron chi connectivity index (χ3n) is 2.87. The molecule has 0 spiro atoms. The van der Waals surface area contributed by atoms with E-state index in [-0.39, 0.29) is 5.91 Å². The zero-order valence-electron chi connectivity index (χ0n) is 10.7. The van der Waals surface area contributed by atoms with Crippen molar-refractivity contribution >= 4 is 32.6 Å². The Hall–Kier alpha value is -2.33. The third-order valence-corrected chi connectivity index (χ3v) is 3.80. The van der Waals surface area contributed by atoms with Crippen LogP contribution in [0, 0.1) is 17.2 Å². The minimum absolute atomic E-state index is 0.358. The van der Waals surface area contributed by atoms with Crippen LogP contribution in [0.5, 0.6) is 11.5 Å². The predicted molar refractivity (Wildman–Crippen MR) is 74.0 cm³/mol. The molecule has 6 nitrogen and oxygen atoms in total. The van der Waals surface area contributed by atoms with Gasteiger partial charge in [-0.1, -0.05) is 11.3 Å². The molecule has 2 heterocycles. The number of fused-ring (bicyclic) bond motifs is 2. The summed E-state index contributed by atoms with van der Waals surface area (Å²) in [5.41, 5.74) is 0.735. The molecule has 0 saturated carbocycles. The van der Waals surface area contributed by atoms with Gasteiger partial charge < -0.3 is 14.8 Å². The zero-order valence-corrected chi connectivity index (χ0v) is 11.5. The molecule has 1 aliphatic rings. The van der Waals surface area contributed by atoms with E-state index < -0.39 is 5.92 Å². The van der Waals surface area contributed by atoms with E-state index in [4.69, 9.17) is 14.7 Å². The fourth-order valence-corrected chi connectivity index (χ4v) is 2.67. The molecular formula is C13H11N3O3S. The molecule has 0 fully saturated rings. The first-order valence-electron chi connectivity index (χ1n) is 6.08. The molecule has 7 heteroatoms. The van der Waals surface area contributed by atoms with Gasteiger partial charge in [-0.3, -0.25) is 4.79 Å². The molecule has 1 atom stereocenters. The highest BCUT2D eigenvalue weighted by Crippen LogP contribution is 2.37. The van der Waals surface area contributed by atoms with Gasteiger partial charge in [0.25, 0.3) is 0 Å². The minimum atomic E-state index is -0.707. The largest absolute Gasteiger partial charge is 0.486 e. The number of hydrogen-bond donors (Lipinski definition) is 1. The van der Waals surface area contributed by atoms with Crippen molar-refractivity contribution in [1.29, 1.82) is 5.26 Å². The summed E-state index contributed by atoms with van der Waals surface area (Å²) >= 11 is 1.34. The van der Waals surface area contributed by atoms with Crippen molar-refractivity contribution in [2.24, 2.45) is 5.92 Å². The van der Waals surface area contributed by atoms with Crippen molar-refractivity contribution in [1.82, 2.24) is 4.98 Å². The molecule has 2 aromatic rings. The van der Waals surface area contributed by atoms with Crippen molar-refractivity contribution in [2.75, 3.05) is 18.5 Å². The zero-order chi connectivity index (χ0) is 14.1. The van der Waals surface area contributed by atoms with Gasteiger partial charge in [0.05, 0.1) is 16.3 Å². The van der Waals surface area contributed by atoms with Crippen LogP contribution in [0.3, 0.4) is 0 Å². The monoisotopic (exact) mass is 289 g/mol. The maximum Gasteiger partial charge on any atom is 0.243 e. The lowest BCUT2D eigenvalue weighted by molar-refractivity contribution is -0.117. The lowest BCUT2D eigenvalue weighted by Gasteiger charge is -2.17. The molecule has 1 aliphatic heterocycles. The van der Waals surface area contributed by atoms with Crippen LogP contribution in [0.2, 0.25) is 0 Å². The summed E-state index contributed by atoms with van der Waals surface area (Å²) in [6, 6.07) is 5.54. The van der Waals surface area contributed by atoms with Crippen LogP contribution in [0.1, 0.15) is 6.92 Å². The van der Waals surface area contributed by atoms with E-state index >= 15 is 0 Å². The summed E-state index contributed by atoms with van der Waals surface area (Å²) in [4.78, 5) is 16.0. The first-order valence-corrected chi connectivity index (χ1v) is 6.89. The number of ether oxygens (including phenoxy) is 2. The second-order valence-corrected chi connectivity index (χ2v) is 5.35. The first-order chi connectivity index (χ1) is 9.67. The summed E-state index contributed by atoms with van der Waals surface area (Å²) in [7, 11) is 0. The second-order valence-electron chi connectivity index (χ2n) is 4.32. The Morgan fingerprint density at radius 3 is 2.85 bits per heavy atom. The van der Waals surface area contributed by atoms with E-state index in [0.717, 1.165) is 10.2 Å². The number of rotatable bonds is 2. The van der Waals surface area contributed by atoms with E-state index in [1.807, 2.05) is 12.1 Å². The van der Waals surface area contributed by atoms with Crippen molar-refractivity contribution in [3.8, 4) is 17.6 Å². The highest BCUT2D eigenvalue weighted by molar-refractivity contribution is 7.22. The SMILES string of the molecule is CC(C#N)C(=O)Nc1nc2cc3c(cc2s1)OCCO3. The average molecular weight is 289 g/mol. The van der Waals surface area contributed by atoms with Gasteiger partial charge in [0.2, 0.25) is 5.91 Å². The van der Waals surface area contributed by atoms with Gasteiger partial charge in [0, 0.05) is 12.1 Å². The number of thiazole rings is 1. The van der Waals surface area contributed by atoms with Crippen LogP contribution in [0.25, 0.3) is 10.2 Å². The van der Waals surface area contributed by atoms with Crippen molar-refractivity contribution < 1.29 is 14.3 Å². The van der Waals surface area contributed by atoms with Crippen molar-refractivity contribution in [2.45, 2.75) is 6.92 Å². The Balaban J connectivity index is 1.91. The molecule has 1 unspecified atom stereocenters. The normalized spacial score (nSPS) is 14.6. The van der Waals surface area contributed by atoms with Gasteiger partial charge in [-0.05, 0) is 6.92 Å². The fraction of sp³-hybridized carbons (Fsp3) is 0.308. The number of aromatic nitrogens is 1. The molecular weight excluding hydrogens is 278 g/mol. The molecule has 3 rings (SSSR count). The molecule has 1 N–H and O–H groups in total. The van der Waals surface area contributed by atoms with E-state index in [0.29, 0.717) is 29.8 Å². The third kappa shape index (κ3) is 2.26. The van der Waals surface area contributed by atoms with Gasteiger partial charge in [0.1, 0.15) is 19.1 Å². The number of hydrogen-bond acceptors (Lipinski definition) is 6. The van der Waals surface area contributed by atoms with E-state index in [1.54, 1.807) is 13.0 Å². The van der Waals surface area contributed by atoms with Crippen LogP contribution in [-0.4, -0.2) is 24.1 Å². The fourth-order valence-electron chi connectivity index (χ4n) is 1.79. The maximum absolute atomic E-state index is 11.7. The standard InChI is InChI=1S/C13H11N3O3S/c1-7(6-14)12(17)16-13-15-8-4-9-10(5-11(8)20-13)19-3-2-18-9/h4-5,7H,2-3H2,1H3,(H,15,16,17). The number of nitriles is 1. The summed E-state index contributed by atoms with van der Waals surface area (Å²) < 4.78 is 11.9. The average Bonchev–Trinajstić information content (AvgIpc) is 2.84. The molecule has 1 aromatic heterocycles. The molecule has 1 amide bonds. The minimum Gasteiger partial charge on any atom is -0.486 e. The van der Waals surface area contributed by atoms with E-state index in [2.05, 4.69) is 10.3 Å². The molecule has 0 radical (unpaired) electrons. The Kier molecular flexibility index (Phi) is 3.16. The number of nitrogens with zero attached hydrogens (tertiary/aromatic N) is 2. The summed E-state index contributed by atoms with van der Waals surface area (Å²) in [6.45, 7) is 2.59. The van der Waals surface area contributed by atoms with Crippen molar-refractivity contribution in [3.63, 3.8) is 0 Å². The van der Waals surface area contributed by atoms with E-state index in [1.165, 1.54) is 11.3 Å². The molecule has 0 aliphatic carbocycles. The Morgan fingerprint density at radius 1 is 1.45 bits per heavy atom. The summed E-state index contributed by atoms with van der Waals surface area (Å²) in [5.74, 6) is 0.290. The molecule has 20 heavy (non-hydrogen) atoms. The molecule has 0 saturated heterocycles. The Bertz CT molecular complexity index is 676. The van der Waals surface area contributed by atoms with Crippen LogP contribution < -0.4 is 14.8 Å². The number of carbonyl (C=O) groups is 1. The second kappa shape index (κ2) is 4.98. The summed E-state index contributed by atoms with van der Waals surface area (Å²) in [6.07, 6.45) is 0. The number of benzene rings is 1. The topological polar surface area (TPSA) is 84.2 Å². The predicted octanol–water partition coefficient (Wildman–Crippen LogP) is 2.17. The summed E-state index contributed by atoms with van der Waals surface area (Å²) in [5, 5.41) is 11.8. The highest BCUT2D eigenvalue weighted by atomic mass is 32.1. The first kappa shape index (κ1) is 12.7. The van der Waals surface area contributed by atoms with Crippen LogP contribution in [0.4, 0.5) is 5.13 Å².